The number of pyridine rings is 1. The Morgan fingerprint density at radius 3 is 2.94 bits per heavy atom. The molecular weight excluding hydrogens is 432 g/mol. The Morgan fingerprint density at radius 1 is 1.26 bits per heavy atom. The first kappa shape index (κ1) is 22.1. The van der Waals surface area contributed by atoms with Crippen LogP contribution in [0.1, 0.15) is 34.6 Å². The van der Waals surface area contributed by atoms with Crippen molar-refractivity contribution in [2.24, 2.45) is 7.05 Å². The fraction of sp³-hybridized carbons (Fsp3) is 0.360. The Morgan fingerprint density at radius 2 is 2.15 bits per heavy atom. The molecule has 0 atom stereocenters. The van der Waals surface area contributed by atoms with E-state index in [0.717, 1.165) is 54.8 Å². The van der Waals surface area contributed by atoms with Gasteiger partial charge in [-0.1, -0.05) is 17.3 Å². The Labute approximate surface area is 197 Å². The number of ether oxygens (including phenoxy) is 1. The average Bonchev–Trinajstić information content (AvgIpc) is 3.42. The lowest BCUT2D eigenvalue weighted by Crippen LogP contribution is -2.34. The third-order valence-electron chi connectivity index (χ3n) is 6.26. The van der Waals surface area contributed by atoms with Gasteiger partial charge in [-0.15, -0.1) is 0 Å². The summed E-state index contributed by atoms with van der Waals surface area (Å²) in [4.78, 5) is 23.5. The zero-order valence-electron chi connectivity index (χ0n) is 19.7. The maximum Gasteiger partial charge on any atom is 0.354 e. The highest BCUT2D eigenvalue weighted by Gasteiger charge is 2.24. The molecule has 0 radical (unpaired) electrons. The van der Waals surface area contributed by atoms with Crippen LogP contribution in [-0.2, 0) is 24.8 Å². The van der Waals surface area contributed by atoms with E-state index < -0.39 is 0 Å². The summed E-state index contributed by atoms with van der Waals surface area (Å²) in [7, 11) is 1.94. The number of carbonyl (C=O) groups is 1. The number of anilines is 1. The molecule has 34 heavy (non-hydrogen) atoms. The number of fused-ring (bicyclic) bond motifs is 2. The van der Waals surface area contributed by atoms with Gasteiger partial charge in [0, 0.05) is 69.4 Å². The van der Waals surface area contributed by atoms with Gasteiger partial charge in [-0.05, 0) is 36.1 Å². The van der Waals surface area contributed by atoms with E-state index in [0.29, 0.717) is 24.0 Å². The number of aromatic nitrogens is 4. The van der Waals surface area contributed by atoms with Gasteiger partial charge in [-0.25, -0.2) is 9.78 Å². The van der Waals surface area contributed by atoms with E-state index in [1.165, 1.54) is 11.3 Å². The predicted molar refractivity (Wildman–Crippen MR) is 129 cm³/mol. The van der Waals surface area contributed by atoms with Crippen LogP contribution < -0.4 is 5.32 Å². The summed E-state index contributed by atoms with van der Waals surface area (Å²) in [5, 5.41) is 9.64. The van der Waals surface area contributed by atoms with Crippen molar-refractivity contribution in [2.45, 2.75) is 26.8 Å². The Balaban J connectivity index is 1.26. The minimum Gasteiger partial charge on any atom is -0.461 e. The van der Waals surface area contributed by atoms with E-state index in [1.54, 1.807) is 6.92 Å². The van der Waals surface area contributed by atoms with Crippen LogP contribution in [0.15, 0.2) is 41.1 Å². The highest BCUT2D eigenvalue weighted by Crippen LogP contribution is 2.27. The van der Waals surface area contributed by atoms with Crippen LogP contribution in [0.3, 0.4) is 0 Å². The summed E-state index contributed by atoms with van der Waals surface area (Å²) in [6.45, 7) is 7.37. The van der Waals surface area contributed by atoms with Gasteiger partial charge < -0.3 is 19.1 Å². The van der Waals surface area contributed by atoms with Crippen molar-refractivity contribution in [3.05, 3.63) is 59.4 Å². The molecular formula is C25H28N6O3. The van der Waals surface area contributed by atoms with E-state index in [9.17, 15) is 4.79 Å². The molecule has 4 heterocycles. The van der Waals surface area contributed by atoms with Gasteiger partial charge in [0.2, 0.25) is 11.7 Å². The van der Waals surface area contributed by atoms with Crippen LogP contribution in [0.5, 0.6) is 0 Å². The van der Waals surface area contributed by atoms with Gasteiger partial charge in [0.05, 0.1) is 6.61 Å². The summed E-state index contributed by atoms with van der Waals surface area (Å²) in [6, 6.07) is 10.1. The fourth-order valence-electron chi connectivity index (χ4n) is 4.54. The minimum atomic E-state index is -0.259. The van der Waals surface area contributed by atoms with E-state index in [1.807, 2.05) is 55.1 Å². The molecule has 1 aliphatic heterocycles. The van der Waals surface area contributed by atoms with E-state index >= 15 is 0 Å². The highest BCUT2D eigenvalue weighted by molar-refractivity contribution is 5.94. The van der Waals surface area contributed by atoms with Crippen LogP contribution >= 0.6 is 0 Å². The van der Waals surface area contributed by atoms with Gasteiger partial charge >= 0.3 is 5.97 Å². The van der Waals surface area contributed by atoms with Crippen molar-refractivity contribution in [3.8, 4) is 11.4 Å². The summed E-state index contributed by atoms with van der Waals surface area (Å²) in [6.07, 6.45) is 2.72. The standard InChI is InChI=1S/C25H28N6O3/c1-4-33-25(32)22-14-19-15-31(11-8-21(19)30(22)3)12-10-27-24-20-13-18(23-28-16(2)34-29-23)6-5-17(20)7-9-26-24/h5-7,9,13-14H,4,8,10-12,15H2,1-3H3,(H,26,27). The number of carbonyl (C=O) groups excluding carboxylic acids is 1. The van der Waals surface area contributed by atoms with Gasteiger partial charge in [-0.3, -0.25) is 4.90 Å². The van der Waals surface area contributed by atoms with Crippen molar-refractivity contribution in [1.82, 2.24) is 24.6 Å². The van der Waals surface area contributed by atoms with Crippen LogP contribution in [0.2, 0.25) is 0 Å². The number of hydrogen-bond donors (Lipinski definition) is 1. The second kappa shape index (κ2) is 9.26. The number of hydrogen-bond acceptors (Lipinski definition) is 8. The molecule has 176 valence electrons. The zero-order valence-corrected chi connectivity index (χ0v) is 19.7. The summed E-state index contributed by atoms with van der Waals surface area (Å²) < 4.78 is 12.3. The van der Waals surface area contributed by atoms with E-state index in [4.69, 9.17) is 9.26 Å². The first-order valence-corrected chi connectivity index (χ1v) is 11.5. The quantitative estimate of drug-likeness (QED) is 0.418. The van der Waals surface area contributed by atoms with Crippen molar-refractivity contribution in [1.29, 1.82) is 0 Å². The van der Waals surface area contributed by atoms with Gasteiger partial charge in [-0.2, -0.15) is 4.98 Å². The van der Waals surface area contributed by atoms with Gasteiger partial charge in [0.1, 0.15) is 11.5 Å². The smallest absolute Gasteiger partial charge is 0.354 e. The molecule has 0 unspecified atom stereocenters. The Kier molecular flexibility index (Phi) is 6.02. The van der Waals surface area contributed by atoms with Gasteiger partial charge in [0.15, 0.2) is 0 Å². The summed E-state index contributed by atoms with van der Waals surface area (Å²) >= 11 is 0. The topological polar surface area (TPSA) is 98.3 Å². The average molecular weight is 461 g/mol. The molecule has 9 heteroatoms. The largest absolute Gasteiger partial charge is 0.461 e. The SMILES string of the molecule is CCOC(=O)c1cc2c(n1C)CCN(CCNc1nccc3ccc(-c4noc(C)n4)cc13)C2. The number of benzene rings is 1. The van der Waals surface area contributed by atoms with Gasteiger partial charge in [0.25, 0.3) is 0 Å². The number of esters is 1. The summed E-state index contributed by atoms with van der Waals surface area (Å²) in [5.74, 6) is 1.69. The summed E-state index contributed by atoms with van der Waals surface area (Å²) in [5.41, 5.74) is 3.93. The maximum absolute atomic E-state index is 12.2. The predicted octanol–water partition coefficient (Wildman–Crippen LogP) is 3.58. The molecule has 0 aliphatic carbocycles. The second-order valence-electron chi connectivity index (χ2n) is 8.47. The normalized spacial score (nSPS) is 13.7. The number of aryl methyl sites for hydroxylation is 1. The van der Waals surface area contributed by atoms with Crippen molar-refractivity contribution in [3.63, 3.8) is 0 Å². The third kappa shape index (κ3) is 4.26. The third-order valence-corrected chi connectivity index (χ3v) is 6.26. The van der Waals surface area contributed by atoms with E-state index in [-0.39, 0.29) is 5.97 Å². The lowest BCUT2D eigenvalue weighted by atomic mass is 10.1. The molecule has 4 aromatic rings. The molecule has 0 spiro atoms. The molecule has 0 amide bonds. The second-order valence-corrected chi connectivity index (χ2v) is 8.47. The van der Waals surface area contributed by atoms with Crippen LogP contribution in [-0.4, -0.2) is 56.8 Å². The molecule has 1 aliphatic rings. The molecule has 1 aromatic carbocycles. The lowest BCUT2D eigenvalue weighted by Gasteiger charge is -2.27. The lowest BCUT2D eigenvalue weighted by molar-refractivity contribution is 0.0515. The van der Waals surface area contributed by atoms with Crippen molar-refractivity contribution < 1.29 is 14.1 Å². The molecule has 0 fully saturated rings. The molecule has 3 aromatic heterocycles. The van der Waals surface area contributed by atoms with Crippen LogP contribution in [0.25, 0.3) is 22.2 Å². The van der Waals surface area contributed by atoms with Crippen LogP contribution in [0.4, 0.5) is 5.82 Å². The Bertz CT molecular complexity index is 1340. The monoisotopic (exact) mass is 460 g/mol. The molecule has 0 saturated heterocycles. The zero-order chi connectivity index (χ0) is 23.7. The Hall–Kier alpha value is -3.72. The van der Waals surface area contributed by atoms with Crippen molar-refractivity contribution in [2.75, 3.05) is 31.6 Å². The maximum atomic E-state index is 12.2. The molecule has 5 rings (SSSR count). The minimum absolute atomic E-state index is 0.259. The first-order valence-electron chi connectivity index (χ1n) is 11.5. The first-order chi connectivity index (χ1) is 16.5. The van der Waals surface area contributed by atoms with Crippen LogP contribution in [0, 0.1) is 6.92 Å². The van der Waals surface area contributed by atoms with Crippen molar-refractivity contribution >= 4 is 22.6 Å². The molecule has 9 nitrogen and oxygen atoms in total. The molecule has 0 bridgehead atoms. The fourth-order valence-corrected chi connectivity index (χ4v) is 4.54. The number of rotatable bonds is 7. The number of nitrogens with zero attached hydrogens (tertiary/aromatic N) is 5. The highest BCUT2D eigenvalue weighted by atomic mass is 16.5. The van der Waals surface area contributed by atoms with E-state index in [2.05, 4.69) is 25.3 Å². The number of nitrogens with one attached hydrogen (secondary N) is 1. The molecule has 1 N–H and O–H groups in total. The molecule has 0 saturated carbocycles.